The Bertz CT molecular complexity index is 1300. The molecule has 3 fully saturated rings. The Balaban J connectivity index is 1.20. The van der Waals surface area contributed by atoms with Crippen molar-refractivity contribution in [1.29, 1.82) is 0 Å². The Kier molecular flexibility index (Phi) is 5.93. The molecule has 2 heterocycles. The highest BCUT2D eigenvalue weighted by Crippen LogP contribution is 2.47. The number of amides is 2. The lowest BCUT2D eigenvalue weighted by Gasteiger charge is -2.56. The first kappa shape index (κ1) is 23.6. The molecular weight excluding hydrogens is 475 g/mol. The predicted octanol–water partition coefficient (Wildman–Crippen LogP) is 3.18. The van der Waals surface area contributed by atoms with Crippen LogP contribution in [-0.2, 0) is 4.79 Å². The van der Waals surface area contributed by atoms with Crippen LogP contribution in [0.3, 0.4) is 0 Å². The van der Waals surface area contributed by atoms with Crippen molar-refractivity contribution in [2.24, 2.45) is 0 Å². The largest absolute Gasteiger partial charge is 0.484 e. The van der Waals surface area contributed by atoms with Crippen molar-refractivity contribution >= 4 is 29.1 Å². The summed E-state index contributed by atoms with van der Waals surface area (Å²) in [5, 5.41) is 17.0. The summed E-state index contributed by atoms with van der Waals surface area (Å²) in [7, 11) is 0. The SMILES string of the molecule is Cc1ccn2cc(C(=O)NC34CCC(NC(=O)COc5ccc(Cl)c(F)c5)(CC3)C(O)C4)nc2c1. The summed E-state index contributed by atoms with van der Waals surface area (Å²) in [6.45, 7) is 1.65. The van der Waals surface area contributed by atoms with Gasteiger partial charge in [0, 0.05) is 24.0 Å². The van der Waals surface area contributed by atoms with Gasteiger partial charge in [-0.2, -0.15) is 0 Å². The van der Waals surface area contributed by atoms with Gasteiger partial charge in [0.15, 0.2) is 6.61 Å². The fourth-order valence-electron chi connectivity index (χ4n) is 5.19. The van der Waals surface area contributed by atoms with Gasteiger partial charge in [-0.15, -0.1) is 0 Å². The number of nitrogens with zero attached hydrogens (tertiary/aromatic N) is 2. The number of pyridine rings is 1. The Morgan fingerprint density at radius 1 is 1.23 bits per heavy atom. The van der Waals surface area contributed by atoms with Crippen molar-refractivity contribution in [2.75, 3.05) is 6.61 Å². The van der Waals surface area contributed by atoms with Gasteiger partial charge in [-0.1, -0.05) is 11.6 Å². The number of aromatic nitrogens is 2. The molecule has 0 aliphatic heterocycles. The van der Waals surface area contributed by atoms with E-state index in [9.17, 15) is 19.1 Å². The first-order chi connectivity index (χ1) is 16.7. The van der Waals surface area contributed by atoms with Crippen LogP contribution in [-0.4, -0.2) is 50.1 Å². The Morgan fingerprint density at radius 2 is 2.00 bits per heavy atom. The number of carbonyl (C=O) groups is 2. The van der Waals surface area contributed by atoms with Crippen molar-refractivity contribution < 1.29 is 23.8 Å². The number of aliphatic hydroxyl groups is 1. The Morgan fingerprint density at radius 3 is 2.71 bits per heavy atom. The van der Waals surface area contributed by atoms with E-state index < -0.39 is 28.9 Å². The predicted molar refractivity (Wildman–Crippen MR) is 127 cm³/mol. The van der Waals surface area contributed by atoms with Gasteiger partial charge < -0.3 is 24.9 Å². The average molecular weight is 501 g/mol. The molecule has 6 rings (SSSR count). The number of halogens is 2. The molecule has 3 aliphatic rings. The highest BCUT2D eigenvalue weighted by molar-refractivity contribution is 6.30. The molecular formula is C25H26ClFN4O4. The summed E-state index contributed by atoms with van der Waals surface area (Å²) in [5.74, 6) is -1.12. The van der Waals surface area contributed by atoms with Crippen LogP contribution in [0.4, 0.5) is 4.39 Å². The molecule has 3 aliphatic carbocycles. The molecule has 2 bridgehead atoms. The van der Waals surface area contributed by atoms with Crippen LogP contribution in [0.1, 0.15) is 48.2 Å². The van der Waals surface area contributed by atoms with E-state index in [2.05, 4.69) is 15.6 Å². The van der Waals surface area contributed by atoms with Gasteiger partial charge in [-0.25, -0.2) is 9.37 Å². The zero-order chi connectivity index (χ0) is 24.8. The zero-order valence-corrected chi connectivity index (χ0v) is 19.9. The number of ether oxygens (including phenoxy) is 1. The third kappa shape index (κ3) is 4.58. The van der Waals surface area contributed by atoms with Crippen LogP contribution < -0.4 is 15.4 Å². The Labute approximate surface area is 206 Å². The summed E-state index contributed by atoms with van der Waals surface area (Å²) in [5.41, 5.74) is 0.752. The fourth-order valence-corrected chi connectivity index (χ4v) is 5.31. The van der Waals surface area contributed by atoms with Crippen molar-refractivity contribution in [3.8, 4) is 5.75 Å². The summed E-state index contributed by atoms with van der Waals surface area (Å²) < 4.78 is 20.8. The Hall–Kier alpha value is -3.17. The standard InChI is InChI=1S/C25H26ClFN4O4/c1-15-4-9-31-13-19(28-21(31)10-15)23(34)30-24-5-7-25(8-6-24,20(32)12-24)29-22(33)14-35-16-2-3-17(26)18(27)11-16/h2-4,9-11,13,20,32H,5-8,12,14H2,1H3,(H,29,33)(H,30,34). The van der Waals surface area contributed by atoms with Gasteiger partial charge in [0.2, 0.25) is 0 Å². The van der Waals surface area contributed by atoms with Crippen molar-refractivity contribution in [2.45, 2.75) is 56.2 Å². The molecule has 3 N–H and O–H groups in total. The van der Waals surface area contributed by atoms with Crippen LogP contribution in [0, 0.1) is 12.7 Å². The number of carbonyl (C=O) groups excluding carboxylic acids is 2. The second-order valence-corrected chi connectivity index (χ2v) is 10.0. The molecule has 1 aromatic carbocycles. The van der Waals surface area contributed by atoms with Crippen molar-refractivity contribution in [3.63, 3.8) is 0 Å². The van der Waals surface area contributed by atoms with E-state index in [1.54, 1.807) is 10.6 Å². The summed E-state index contributed by atoms with van der Waals surface area (Å²) in [6, 6.07) is 7.81. The number of imidazole rings is 1. The van der Waals surface area contributed by atoms with Crippen LogP contribution >= 0.6 is 11.6 Å². The number of rotatable bonds is 6. The molecule has 1 atom stereocenters. The van der Waals surface area contributed by atoms with E-state index >= 15 is 0 Å². The minimum Gasteiger partial charge on any atom is -0.484 e. The normalized spacial score (nSPS) is 25.4. The highest BCUT2D eigenvalue weighted by Gasteiger charge is 2.55. The van der Waals surface area contributed by atoms with Gasteiger partial charge in [0.25, 0.3) is 11.8 Å². The molecule has 0 spiro atoms. The first-order valence-corrected chi connectivity index (χ1v) is 11.9. The van der Waals surface area contributed by atoms with Crippen molar-refractivity contribution in [3.05, 3.63) is 64.8 Å². The number of nitrogens with one attached hydrogen (secondary N) is 2. The van der Waals surface area contributed by atoms with Gasteiger partial charge >= 0.3 is 0 Å². The minimum absolute atomic E-state index is 0.0277. The molecule has 0 saturated heterocycles. The topological polar surface area (TPSA) is 105 Å². The lowest BCUT2D eigenvalue weighted by molar-refractivity contribution is -0.132. The maximum Gasteiger partial charge on any atom is 0.271 e. The second kappa shape index (κ2) is 8.80. The molecule has 0 radical (unpaired) electrons. The molecule has 2 amide bonds. The number of fused-ring (bicyclic) bond motifs is 4. The van der Waals surface area contributed by atoms with Gasteiger partial charge in [0.05, 0.1) is 16.7 Å². The van der Waals surface area contributed by atoms with Crippen LogP contribution in [0.5, 0.6) is 5.75 Å². The molecule has 8 nitrogen and oxygen atoms in total. The molecule has 3 aromatic rings. The lowest BCUT2D eigenvalue weighted by Crippen LogP contribution is -2.70. The summed E-state index contributed by atoms with van der Waals surface area (Å²) in [6.07, 6.45) is 5.32. The summed E-state index contributed by atoms with van der Waals surface area (Å²) in [4.78, 5) is 30.0. The number of aliphatic hydroxyl groups excluding tert-OH is 1. The van der Waals surface area contributed by atoms with E-state index in [1.165, 1.54) is 12.1 Å². The quantitative estimate of drug-likeness (QED) is 0.482. The first-order valence-electron chi connectivity index (χ1n) is 11.5. The number of hydrogen-bond acceptors (Lipinski definition) is 5. The van der Waals surface area contributed by atoms with Crippen LogP contribution in [0.25, 0.3) is 5.65 Å². The zero-order valence-electron chi connectivity index (χ0n) is 19.2. The summed E-state index contributed by atoms with van der Waals surface area (Å²) >= 11 is 5.66. The van der Waals surface area contributed by atoms with Crippen LogP contribution in [0.15, 0.2) is 42.7 Å². The fraction of sp³-hybridized carbons (Fsp3) is 0.400. The third-order valence-corrected chi connectivity index (χ3v) is 7.50. The number of benzene rings is 1. The molecule has 35 heavy (non-hydrogen) atoms. The van der Waals surface area contributed by atoms with Crippen LogP contribution in [0.2, 0.25) is 5.02 Å². The lowest BCUT2D eigenvalue weighted by atomic mass is 9.60. The smallest absolute Gasteiger partial charge is 0.271 e. The van der Waals surface area contributed by atoms with E-state index in [-0.39, 0.29) is 23.3 Å². The second-order valence-electron chi connectivity index (χ2n) is 9.62. The molecule has 3 saturated carbocycles. The number of aryl methyl sites for hydroxylation is 1. The van der Waals surface area contributed by atoms with Gasteiger partial charge in [-0.3, -0.25) is 9.59 Å². The van der Waals surface area contributed by atoms with Crippen molar-refractivity contribution in [1.82, 2.24) is 20.0 Å². The van der Waals surface area contributed by atoms with Gasteiger partial charge in [-0.05, 0) is 68.9 Å². The number of hydrogen-bond donors (Lipinski definition) is 3. The maximum atomic E-state index is 13.6. The molecule has 184 valence electrons. The average Bonchev–Trinajstić information content (AvgIpc) is 3.24. The third-order valence-electron chi connectivity index (χ3n) is 7.20. The maximum absolute atomic E-state index is 13.6. The highest BCUT2D eigenvalue weighted by atomic mass is 35.5. The molecule has 10 heteroatoms. The van der Waals surface area contributed by atoms with E-state index in [0.717, 1.165) is 11.6 Å². The van der Waals surface area contributed by atoms with E-state index in [0.29, 0.717) is 43.4 Å². The van der Waals surface area contributed by atoms with E-state index in [4.69, 9.17) is 16.3 Å². The molecule has 1 unspecified atom stereocenters. The van der Waals surface area contributed by atoms with Gasteiger partial charge in [0.1, 0.15) is 22.9 Å². The minimum atomic E-state index is -0.828. The monoisotopic (exact) mass is 500 g/mol. The molecule has 2 aromatic heterocycles. The van der Waals surface area contributed by atoms with E-state index in [1.807, 2.05) is 25.3 Å².